The summed E-state index contributed by atoms with van der Waals surface area (Å²) in [6, 6.07) is 16.4. The maximum atomic E-state index is 11.9. The van der Waals surface area contributed by atoms with Crippen molar-refractivity contribution in [1.29, 1.82) is 0 Å². The lowest BCUT2D eigenvalue weighted by Gasteiger charge is -2.06. The van der Waals surface area contributed by atoms with Crippen LogP contribution in [0.25, 0.3) is 11.1 Å². The fourth-order valence-electron chi connectivity index (χ4n) is 2.11. The number of para-hydroxylation sites is 2. The predicted molar refractivity (Wildman–Crippen MR) is 79.8 cm³/mol. The second-order valence-corrected chi connectivity index (χ2v) is 4.72. The van der Waals surface area contributed by atoms with Crippen molar-refractivity contribution in [2.75, 3.05) is 0 Å². The Bertz CT molecular complexity index is 836. The summed E-state index contributed by atoms with van der Waals surface area (Å²) in [4.78, 5) is 28.7. The number of benzene rings is 2. The van der Waals surface area contributed by atoms with Gasteiger partial charge >= 0.3 is 5.76 Å². The Labute approximate surface area is 125 Å². The number of fused-ring (bicyclic) bond motifs is 1. The van der Waals surface area contributed by atoms with Gasteiger partial charge in [0.2, 0.25) is 0 Å². The highest BCUT2D eigenvalue weighted by molar-refractivity contribution is 5.78. The first-order valence-electron chi connectivity index (χ1n) is 6.77. The van der Waals surface area contributed by atoms with E-state index in [-0.39, 0.29) is 13.2 Å². The van der Waals surface area contributed by atoms with Crippen LogP contribution < -0.4 is 11.2 Å². The SMILES string of the molecule is O=C(Cn1c(=O)oc2ccccc21)NOCc1ccccc1. The summed E-state index contributed by atoms with van der Waals surface area (Å²) in [5, 5.41) is 0. The van der Waals surface area contributed by atoms with Crippen molar-refractivity contribution in [3.63, 3.8) is 0 Å². The second-order valence-electron chi connectivity index (χ2n) is 4.72. The first-order chi connectivity index (χ1) is 10.7. The molecule has 0 bridgehead atoms. The fourth-order valence-corrected chi connectivity index (χ4v) is 2.11. The Hall–Kier alpha value is -2.86. The molecule has 1 heterocycles. The molecule has 1 amide bonds. The molecule has 0 atom stereocenters. The number of carbonyl (C=O) groups excluding carboxylic acids is 1. The summed E-state index contributed by atoms with van der Waals surface area (Å²) in [5.74, 6) is -0.996. The molecule has 22 heavy (non-hydrogen) atoms. The maximum Gasteiger partial charge on any atom is 0.420 e. The topological polar surface area (TPSA) is 73.5 Å². The summed E-state index contributed by atoms with van der Waals surface area (Å²) in [6.07, 6.45) is 0. The number of amides is 1. The van der Waals surface area contributed by atoms with Crippen LogP contribution in [0.1, 0.15) is 5.56 Å². The Morgan fingerprint density at radius 2 is 1.82 bits per heavy atom. The van der Waals surface area contributed by atoms with E-state index in [0.717, 1.165) is 5.56 Å². The van der Waals surface area contributed by atoms with Gasteiger partial charge < -0.3 is 4.42 Å². The minimum Gasteiger partial charge on any atom is -0.408 e. The number of hydrogen-bond donors (Lipinski definition) is 1. The summed E-state index contributed by atoms with van der Waals surface area (Å²) in [7, 11) is 0. The van der Waals surface area contributed by atoms with Gasteiger partial charge in [0.05, 0.1) is 12.1 Å². The molecule has 3 rings (SSSR count). The third-order valence-corrected chi connectivity index (χ3v) is 3.14. The number of oxazole rings is 1. The highest BCUT2D eigenvalue weighted by atomic mass is 16.6. The minimum absolute atomic E-state index is 0.162. The van der Waals surface area contributed by atoms with Gasteiger partial charge in [-0.3, -0.25) is 14.2 Å². The number of nitrogens with zero attached hydrogens (tertiary/aromatic N) is 1. The zero-order valence-corrected chi connectivity index (χ0v) is 11.7. The third-order valence-electron chi connectivity index (χ3n) is 3.14. The van der Waals surface area contributed by atoms with E-state index in [0.29, 0.717) is 11.1 Å². The van der Waals surface area contributed by atoms with E-state index in [1.165, 1.54) is 4.57 Å². The van der Waals surface area contributed by atoms with Gasteiger partial charge in [-0.1, -0.05) is 42.5 Å². The Morgan fingerprint density at radius 3 is 2.64 bits per heavy atom. The van der Waals surface area contributed by atoms with Crippen LogP contribution in [-0.2, 0) is 22.8 Å². The lowest BCUT2D eigenvalue weighted by molar-refractivity contribution is -0.135. The highest BCUT2D eigenvalue weighted by Gasteiger charge is 2.12. The molecule has 3 aromatic rings. The van der Waals surface area contributed by atoms with Crippen molar-refractivity contribution < 1.29 is 14.0 Å². The zero-order chi connectivity index (χ0) is 15.4. The molecule has 0 aliphatic rings. The van der Waals surface area contributed by atoms with Gasteiger partial charge in [0.1, 0.15) is 6.54 Å². The summed E-state index contributed by atoms with van der Waals surface area (Å²) in [5.41, 5.74) is 4.28. The van der Waals surface area contributed by atoms with Gasteiger partial charge in [0.15, 0.2) is 5.58 Å². The Balaban J connectivity index is 1.61. The van der Waals surface area contributed by atoms with Crippen molar-refractivity contribution in [3.8, 4) is 0 Å². The molecule has 6 nitrogen and oxygen atoms in total. The Morgan fingerprint density at radius 1 is 1.09 bits per heavy atom. The van der Waals surface area contributed by atoms with Gasteiger partial charge in [-0.15, -0.1) is 0 Å². The molecule has 112 valence electrons. The van der Waals surface area contributed by atoms with Crippen LogP contribution in [0, 0.1) is 0 Å². The normalized spacial score (nSPS) is 10.7. The number of rotatable bonds is 5. The summed E-state index contributed by atoms with van der Waals surface area (Å²) >= 11 is 0. The van der Waals surface area contributed by atoms with E-state index in [1.54, 1.807) is 24.3 Å². The van der Waals surface area contributed by atoms with Crippen molar-refractivity contribution in [2.24, 2.45) is 0 Å². The number of hydrogen-bond acceptors (Lipinski definition) is 4. The standard InChI is InChI=1S/C16H14N2O4/c19-15(17-21-11-12-6-2-1-3-7-12)10-18-13-8-4-5-9-14(13)22-16(18)20/h1-9H,10-11H2,(H,17,19). The smallest absolute Gasteiger partial charge is 0.408 e. The molecule has 1 N–H and O–H groups in total. The van der Waals surface area contributed by atoms with Crippen LogP contribution in [0.5, 0.6) is 0 Å². The van der Waals surface area contributed by atoms with E-state index in [9.17, 15) is 9.59 Å². The van der Waals surface area contributed by atoms with Crippen LogP contribution >= 0.6 is 0 Å². The van der Waals surface area contributed by atoms with E-state index < -0.39 is 11.7 Å². The lowest BCUT2D eigenvalue weighted by Crippen LogP contribution is -2.30. The number of hydroxylamine groups is 1. The largest absolute Gasteiger partial charge is 0.420 e. The van der Waals surface area contributed by atoms with Crippen molar-refractivity contribution in [1.82, 2.24) is 10.0 Å². The molecule has 2 aromatic carbocycles. The predicted octanol–water partition coefficient (Wildman–Crippen LogP) is 1.84. The summed E-state index contributed by atoms with van der Waals surface area (Å²) in [6.45, 7) is 0.0955. The maximum absolute atomic E-state index is 11.9. The number of carbonyl (C=O) groups is 1. The van der Waals surface area contributed by atoms with Crippen molar-refractivity contribution >= 4 is 17.0 Å². The molecule has 0 fully saturated rings. The van der Waals surface area contributed by atoms with E-state index in [1.807, 2.05) is 30.3 Å². The second kappa shape index (κ2) is 6.28. The lowest BCUT2D eigenvalue weighted by atomic mass is 10.2. The summed E-state index contributed by atoms with van der Waals surface area (Å²) < 4.78 is 6.32. The van der Waals surface area contributed by atoms with Crippen LogP contribution in [-0.4, -0.2) is 10.5 Å². The highest BCUT2D eigenvalue weighted by Crippen LogP contribution is 2.11. The average molecular weight is 298 g/mol. The van der Waals surface area contributed by atoms with Gasteiger partial charge in [-0.05, 0) is 17.7 Å². The minimum atomic E-state index is -0.570. The van der Waals surface area contributed by atoms with Crippen LogP contribution in [0.3, 0.4) is 0 Å². The molecule has 0 saturated carbocycles. The monoisotopic (exact) mass is 298 g/mol. The quantitative estimate of drug-likeness (QED) is 0.729. The van der Waals surface area contributed by atoms with Crippen LogP contribution in [0.15, 0.2) is 63.8 Å². The van der Waals surface area contributed by atoms with Crippen molar-refractivity contribution in [3.05, 3.63) is 70.7 Å². The van der Waals surface area contributed by atoms with Gasteiger partial charge in [-0.2, -0.15) is 0 Å². The van der Waals surface area contributed by atoms with Crippen LogP contribution in [0.4, 0.5) is 0 Å². The fraction of sp³-hybridized carbons (Fsp3) is 0.125. The number of nitrogens with one attached hydrogen (secondary N) is 1. The molecule has 6 heteroatoms. The Kier molecular flexibility index (Phi) is 4.02. The first-order valence-corrected chi connectivity index (χ1v) is 6.77. The zero-order valence-electron chi connectivity index (χ0n) is 11.7. The van der Waals surface area contributed by atoms with E-state index in [4.69, 9.17) is 9.25 Å². The van der Waals surface area contributed by atoms with Crippen molar-refractivity contribution in [2.45, 2.75) is 13.2 Å². The van der Waals surface area contributed by atoms with E-state index in [2.05, 4.69) is 5.48 Å². The third kappa shape index (κ3) is 3.07. The molecule has 0 aliphatic carbocycles. The molecule has 0 unspecified atom stereocenters. The van der Waals surface area contributed by atoms with E-state index >= 15 is 0 Å². The molecule has 0 aliphatic heterocycles. The first kappa shape index (κ1) is 14.1. The molecule has 0 spiro atoms. The molecular weight excluding hydrogens is 284 g/mol. The molecule has 0 saturated heterocycles. The van der Waals surface area contributed by atoms with Gasteiger partial charge in [0.25, 0.3) is 5.91 Å². The molecular formula is C16H14N2O4. The van der Waals surface area contributed by atoms with Crippen LogP contribution in [0.2, 0.25) is 0 Å². The average Bonchev–Trinajstić information content (AvgIpc) is 2.84. The molecule has 1 aromatic heterocycles. The molecule has 0 radical (unpaired) electrons. The van der Waals surface area contributed by atoms with Gasteiger partial charge in [-0.25, -0.2) is 10.3 Å². The number of aromatic nitrogens is 1. The van der Waals surface area contributed by atoms with Gasteiger partial charge in [0, 0.05) is 0 Å².